The molecule has 0 radical (unpaired) electrons. The molecule has 7 N–H and O–H groups in total. The highest BCUT2D eigenvalue weighted by atomic mass is 32.3. The van der Waals surface area contributed by atoms with Gasteiger partial charge in [0.1, 0.15) is 30.5 Å². The molecular weight excluding hydrogens is 791 g/mol. The quantitative estimate of drug-likeness (QED) is 0.0175. The van der Waals surface area contributed by atoms with E-state index in [4.69, 9.17) is 14.0 Å². The van der Waals surface area contributed by atoms with Gasteiger partial charge in [-0.25, -0.2) is 4.18 Å². The van der Waals surface area contributed by atoms with E-state index in [9.17, 15) is 38.7 Å². The minimum Gasteiger partial charge on any atom is -0.394 e. The molecule has 1 rings (SSSR count). The van der Waals surface area contributed by atoms with E-state index in [0.717, 1.165) is 38.5 Å². The van der Waals surface area contributed by atoms with E-state index in [1.54, 1.807) is 0 Å². The van der Waals surface area contributed by atoms with Crippen molar-refractivity contribution in [3.05, 3.63) is 12.2 Å². The fraction of sp³-hybridized carbons (Fsp3) is 0.935. The van der Waals surface area contributed by atoms with Gasteiger partial charge >= 0.3 is 10.4 Å². The van der Waals surface area contributed by atoms with E-state index in [2.05, 4.69) is 23.3 Å². The standard InChI is InChI=1S/C46H89NO12S/c1-3-5-7-9-11-13-15-16-17-18-19-20-21-22-23-24-25-27-29-31-33-35-40(50)45(53)47-38(39(49)34-32-30-28-26-14-12-10-8-6-4-2)37-57-46-43(52)44(59-60(54,55)56)42(51)41(36-48)58-46/h32,34,38-44,46,48-52H,3-31,33,35-37H2,1-2H3,(H,47,53)(H,54,55,56)/b34-32+. The second-order valence-corrected chi connectivity index (χ2v) is 18.2. The first-order valence-corrected chi connectivity index (χ1v) is 25.5. The van der Waals surface area contributed by atoms with Gasteiger partial charge in [-0.05, 0) is 19.3 Å². The van der Waals surface area contributed by atoms with Crippen LogP contribution in [0.5, 0.6) is 0 Å². The van der Waals surface area contributed by atoms with Crippen LogP contribution in [0.3, 0.4) is 0 Å². The third-order valence-corrected chi connectivity index (χ3v) is 12.1. The van der Waals surface area contributed by atoms with Crippen molar-refractivity contribution in [2.24, 2.45) is 0 Å². The number of aliphatic hydroxyl groups excluding tert-OH is 5. The van der Waals surface area contributed by atoms with Crippen LogP contribution in [0.1, 0.15) is 213 Å². The zero-order valence-electron chi connectivity index (χ0n) is 37.6. The first-order chi connectivity index (χ1) is 28.9. The van der Waals surface area contributed by atoms with E-state index >= 15 is 0 Å². The molecule has 8 unspecified atom stereocenters. The number of hydrogen-bond donors (Lipinski definition) is 7. The molecule has 0 bridgehead atoms. The molecule has 1 heterocycles. The Balaban J connectivity index is 2.45. The van der Waals surface area contributed by atoms with Crippen molar-refractivity contribution in [1.29, 1.82) is 0 Å². The first kappa shape index (κ1) is 56.8. The summed E-state index contributed by atoms with van der Waals surface area (Å²) < 4.78 is 47.4. The van der Waals surface area contributed by atoms with Crippen LogP contribution in [0, 0.1) is 0 Å². The maximum absolute atomic E-state index is 13.1. The number of allylic oxidation sites excluding steroid dienone is 1. The minimum absolute atomic E-state index is 0.248. The fourth-order valence-corrected chi connectivity index (χ4v) is 8.32. The predicted molar refractivity (Wildman–Crippen MR) is 238 cm³/mol. The summed E-state index contributed by atoms with van der Waals surface area (Å²) in [7, 11) is -5.11. The van der Waals surface area contributed by atoms with Crippen LogP contribution in [-0.4, -0.2) is 107 Å². The van der Waals surface area contributed by atoms with Crippen LogP contribution >= 0.6 is 0 Å². The molecule has 356 valence electrons. The molecular formula is C46H89NO12S. The van der Waals surface area contributed by atoms with Crippen LogP contribution in [0.2, 0.25) is 0 Å². The van der Waals surface area contributed by atoms with Crippen molar-refractivity contribution in [3.8, 4) is 0 Å². The molecule has 60 heavy (non-hydrogen) atoms. The molecule has 0 aromatic carbocycles. The van der Waals surface area contributed by atoms with Gasteiger partial charge < -0.3 is 40.3 Å². The van der Waals surface area contributed by atoms with Gasteiger partial charge in [0, 0.05) is 0 Å². The van der Waals surface area contributed by atoms with Crippen LogP contribution < -0.4 is 5.32 Å². The molecule has 0 aromatic rings. The average molecular weight is 880 g/mol. The highest BCUT2D eigenvalue weighted by Crippen LogP contribution is 2.26. The largest absolute Gasteiger partial charge is 0.397 e. The normalized spacial score (nSPS) is 21.4. The van der Waals surface area contributed by atoms with Crippen molar-refractivity contribution < 1.29 is 57.0 Å². The lowest BCUT2D eigenvalue weighted by atomic mass is 9.99. The Bertz CT molecular complexity index is 1140. The minimum atomic E-state index is -5.11. The Hall–Kier alpha value is -1.20. The lowest BCUT2D eigenvalue weighted by Crippen LogP contribution is -2.61. The smallest absolute Gasteiger partial charge is 0.394 e. The van der Waals surface area contributed by atoms with Gasteiger partial charge in [-0.3, -0.25) is 9.35 Å². The van der Waals surface area contributed by atoms with Gasteiger partial charge in [0.15, 0.2) is 6.29 Å². The van der Waals surface area contributed by atoms with Crippen LogP contribution in [0.15, 0.2) is 12.2 Å². The molecule has 1 fully saturated rings. The summed E-state index contributed by atoms with van der Waals surface area (Å²) in [5, 5.41) is 55.1. The Morgan fingerprint density at radius 3 is 1.50 bits per heavy atom. The number of ether oxygens (including phenoxy) is 2. The second kappa shape index (κ2) is 37.2. The third kappa shape index (κ3) is 29.2. The SMILES string of the molecule is CCCCCCCCCC/C=C/C(O)C(COC1OC(CO)C(O)C(OS(=O)(=O)O)C1O)NC(=O)C(O)CCCCCCCCCCCCCCCCCCCCCCC. The van der Waals surface area contributed by atoms with E-state index in [-0.39, 0.29) is 6.42 Å². The van der Waals surface area contributed by atoms with Gasteiger partial charge in [0.25, 0.3) is 0 Å². The molecule has 8 atom stereocenters. The second-order valence-electron chi connectivity index (χ2n) is 17.2. The Morgan fingerprint density at radius 1 is 0.667 bits per heavy atom. The summed E-state index contributed by atoms with van der Waals surface area (Å²) in [5.41, 5.74) is 0. The average Bonchev–Trinajstić information content (AvgIpc) is 3.22. The summed E-state index contributed by atoms with van der Waals surface area (Å²) in [5.74, 6) is -0.700. The van der Waals surface area contributed by atoms with Gasteiger partial charge in [-0.15, -0.1) is 0 Å². The molecule has 0 aromatic heterocycles. The summed E-state index contributed by atoms with van der Waals surface area (Å²) in [6.45, 7) is 3.20. The molecule has 14 heteroatoms. The third-order valence-electron chi connectivity index (χ3n) is 11.7. The molecule has 1 aliphatic heterocycles. The monoisotopic (exact) mass is 880 g/mol. The van der Waals surface area contributed by atoms with Crippen molar-refractivity contribution in [3.63, 3.8) is 0 Å². The molecule has 1 amide bonds. The Labute approximate surface area is 364 Å². The first-order valence-electron chi connectivity index (χ1n) is 24.2. The molecule has 0 aliphatic carbocycles. The molecule has 13 nitrogen and oxygen atoms in total. The van der Waals surface area contributed by atoms with Gasteiger partial charge in [0.05, 0.1) is 25.4 Å². The van der Waals surface area contributed by atoms with Crippen molar-refractivity contribution in [2.45, 2.75) is 262 Å². The Morgan fingerprint density at radius 2 is 1.08 bits per heavy atom. The number of hydrogen-bond acceptors (Lipinski definition) is 11. The zero-order chi connectivity index (χ0) is 44.3. The maximum Gasteiger partial charge on any atom is 0.397 e. The number of unbranched alkanes of at least 4 members (excludes halogenated alkanes) is 28. The van der Waals surface area contributed by atoms with E-state index in [1.807, 2.05) is 6.08 Å². The van der Waals surface area contributed by atoms with Crippen molar-refractivity contribution >= 4 is 16.3 Å². The maximum atomic E-state index is 13.1. The molecule has 1 saturated heterocycles. The lowest BCUT2D eigenvalue weighted by Gasteiger charge is -2.41. The zero-order valence-corrected chi connectivity index (χ0v) is 38.5. The summed E-state index contributed by atoms with van der Waals surface area (Å²) in [6, 6.07) is -1.11. The molecule has 1 aliphatic rings. The number of aliphatic hydroxyl groups is 5. The summed E-state index contributed by atoms with van der Waals surface area (Å²) >= 11 is 0. The van der Waals surface area contributed by atoms with Crippen molar-refractivity contribution in [2.75, 3.05) is 13.2 Å². The highest BCUT2D eigenvalue weighted by molar-refractivity contribution is 7.80. The highest BCUT2D eigenvalue weighted by Gasteiger charge is 2.48. The fourth-order valence-electron chi connectivity index (χ4n) is 7.81. The van der Waals surface area contributed by atoms with Crippen molar-refractivity contribution in [1.82, 2.24) is 5.32 Å². The van der Waals surface area contributed by atoms with Crippen LogP contribution in [0.4, 0.5) is 0 Å². The molecule has 0 saturated carbocycles. The topological polar surface area (TPSA) is 212 Å². The number of carbonyl (C=O) groups excluding carboxylic acids is 1. The summed E-state index contributed by atoms with van der Waals surface area (Å²) in [6.07, 6.45) is 28.8. The predicted octanol–water partition coefficient (Wildman–Crippen LogP) is 8.53. The molecule has 0 spiro atoms. The van der Waals surface area contributed by atoms with Crippen LogP contribution in [0.25, 0.3) is 0 Å². The van der Waals surface area contributed by atoms with E-state index in [1.165, 1.54) is 147 Å². The number of rotatable bonds is 41. The van der Waals surface area contributed by atoms with Crippen LogP contribution in [-0.2, 0) is 28.9 Å². The van der Waals surface area contributed by atoms with Gasteiger partial charge in [-0.2, -0.15) is 8.42 Å². The summed E-state index contributed by atoms with van der Waals surface area (Å²) in [4.78, 5) is 13.1. The van der Waals surface area contributed by atoms with Gasteiger partial charge in [-0.1, -0.05) is 206 Å². The number of nitrogens with one attached hydrogen (secondary N) is 1. The van der Waals surface area contributed by atoms with E-state index < -0.39 is 78.5 Å². The van der Waals surface area contributed by atoms with E-state index in [0.29, 0.717) is 12.8 Å². The Kier molecular flexibility index (Phi) is 35.2. The number of carbonyl (C=O) groups is 1. The lowest BCUT2D eigenvalue weighted by molar-refractivity contribution is -0.298. The van der Waals surface area contributed by atoms with Gasteiger partial charge in [0.2, 0.25) is 5.91 Å². The number of amides is 1.